The van der Waals surface area contributed by atoms with Crippen LogP contribution in [-0.2, 0) is 10.0 Å². The minimum absolute atomic E-state index is 0.0939. The summed E-state index contributed by atoms with van der Waals surface area (Å²) in [6, 6.07) is 3.72. The van der Waals surface area contributed by atoms with Crippen molar-refractivity contribution in [3.05, 3.63) is 24.5 Å². The fourth-order valence-corrected chi connectivity index (χ4v) is 5.00. The average molecular weight is 295 g/mol. The lowest BCUT2D eigenvalue weighted by Gasteiger charge is -2.38. The topological polar surface area (TPSA) is 62.3 Å². The normalized spacial score (nSPS) is 28.6. The summed E-state index contributed by atoms with van der Waals surface area (Å²) in [5, 5.41) is 3.46. The van der Waals surface area contributed by atoms with E-state index in [4.69, 9.17) is 0 Å². The number of pyridine rings is 1. The minimum atomic E-state index is -3.42. The molecule has 0 aliphatic carbocycles. The van der Waals surface area contributed by atoms with Crippen molar-refractivity contribution in [2.45, 2.75) is 49.1 Å². The van der Waals surface area contributed by atoms with Crippen LogP contribution < -0.4 is 5.32 Å². The Morgan fingerprint density at radius 1 is 1.25 bits per heavy atom. The standard InChI is InChI=1S/C14H21N3O2S/c18-20(19,12-5-3-8-15-11-12)17-10-2-1-7-14(17)13-6-4-9-16-13/h3,5,8,11,13-14,16H,1-2,4,6-7,9-10H2. The molecule has 1 N–H and O–H groups in total. The quantitative estimate of drug-likeness (QED) is 0.915. The van der Waals surface area contributed by atoms with E-state index in [9.17, 15) is 8.42 Å². The molecule has 2 aliphatic heterocycles. The van der Waals surface area contributed by atoms with Gasteiger partial charge in [-0.15, -0.1) is 0 Å². The Labute approximate surface area is 120 Å². The highest BCUT2D eigenvalue weighted by Crippen LogP contribution is 2.29. The summed E-state index contributed by atoms with van der Waals surface area (Å²) < 4.78 is 27.3. The highest BCUT2D eigenvalue weighted by atomic mass is 32.2. The Morgan fingerprint density at radius 3 is 2.85 bits per heavy atom. The van der Waals surface area contributed by atoms with Gasteiger partial charge in [-0.3, -0.25) is 4.98 Å². The van der Waals surface area contributed by atoms with E-state index in [0.29, 0.717) is 17.5 Å². The van der Waals surface area contributed by atoms with Gasteiger partial charge in [0.1, 0.15) is 4.90 Å². The summed E-state index contributed by atoms with van der Waals surface area (Å²) in [4.78, 5) is 4.26. The molecule has 2 atom stereocenters. The molecule has 0 amide bonds. The van der Waals surface area contributed by atoms with E-state index in [1.807, 2.05) is 0 Å². The van der Waals surface area contributed by atoms with Gasteiger partial charge in [0, 0.05) is 31.0 Å². The van der Waals surface area contributed by atoms with Crippen LogP contribution in [0.1, 0.15) is 32.1 Å². The summed E-state index contributed by atoms with van der Waals surface area (Å²) in [6.45, 7) is 1.63. The van der Waals surface area contributed by atoms with Crippen molar-refractivity contribution in [3.8, 4) is 0 Å². The van der Waals surface area contributed by atoms with Crippen molar-refractivity contribution in [2.75, 3.05) is 13.1 Å². The fourth-order valence-electron chi connectivity index (χ4n) is 3.31. The molecule has 2 aliphatic rings. The van der Waals surface area contributed by atoms with E-state index < -0.39 is 10.0 Å². The highest BCUT2D eigenvalue weighted by molar-refractivity contribution is 7.89. The molecule has 5 nitrogen and oxygen atoms in total. The molecular formula is C14H21N3O2S. The van der Waals surface area contributed by atoms with Crippen molar-refractivity contribution in [2.24, 2.45) is 0 Å². The van der Waals surface area contributed by atoms with Crippen LogP contribution in [0.25, 0.3) is 0 Å². The van der Waals surface area contributed by atoms with Gasteiger partial charge in [0.15, 0.2) is 0 Å². The molecule has 6 heteroatoms. The van der Waals surface area contributed by atoms with Crippen LogP contribution in [0.3, 0.4) is 0 Å². The van der Waals surface area contributed by atoms with Crippen molar-refractivity contribution >= 4 is 10.0 Å². The van der Waals surface area contributed by atoms with Crippen molar-refractivity contribution in [1.29, 1.82) is 0 Å². The van der Waals surface area contributed by atoms with Gasteiger partial charge in [-0.05, 0) is 44.4 Å². The van der Waals surface area contributed by atoms with Gasteiger partial charge in [0.05, 0.1) is 0 Å². The summed E-state index contributed by atoms with van der Waals surface area (Å²) in [5.41, 5.74) is 0. The molecule has 2 saturated heterocycles. The van der Waals surface area contributed by atoms with E-state index in [-0.39, 0.29) is 6.04 Å². The summed E-state index contributed by atoms with van der Waals surface area (Å²) in [5.74, 6) is 0. The van der Waals surface area contributed by atoms with Crippen LogP contribution in [-0.4, -0.2) is 42.9 Å². The van der Waals surface area contributed by atoms with Crippen molar-refractivity contribution in [3.63, 3.8) is 0 Å². The predicted octanol–water partition coefficient (Wildman–Crippen LogP) is 1.38. The second-order valence-corrected chi connectivity index (χ2v) is 7.46. The minimum Gasteiger partial charge on any atom is -0.312 e. The number of aromatic nitrogens is 1. The largest absolute Gasteiger partial charge is 0.312 e. The zero-order valence-corrected chi connectivity index (χ0v) is 12.3. The van der Waals surface area contributed by atoms with Gasteiger partial charge >= 0.3 is 0 Å². The Morgan fingerprint density at radius 2 is 2.15 bits per heavy atom. The molecule has 110 valence electrons. The van der Waals surface area contributed by atoms with Crippen LogP contribution in [0.2, 0.25) is 0 Å². The smallest absolute Gasteiger partial charge is 0.244 e. The van der Waals surface area contributed by atoms with Crippen molar-refractivity contribution < 1.29 is 8.42 Å². The van der Waals surface area contributed by atoms with E-state index in [2.05, 4.69) is 10.3 Å². The first-order valence-electron chi connectivity index (χ1n) is 7.35. The van der Waals surface area contributed by atoms with Gasteiger partial charge in [-0.2, -0.15) is 4.31 Å². The molecule has 2 unspecified atom stereocenters. The molecule has 1 aromatic rings. The maximum atomic E-state index is 12.8. The van der Waals surface area contributed by atoms with E-state index >= 15 is 0 Å². The number of nitrogens with one attached hydrogen (secondary N) is 1. The Bertz CT molecular complexity index is 541. The number of nitrogens with zero attached hydrogens (tertiary/aromatic N) is 2. The maximum Gasteiger partial charge on any atom is 0.244 e. The van der Waals surface area contributed by atoms with Gasteiger partial charge in [-0.1, -0.05) is 6.42 Å². The van der Waals surface area contributed by atoms with E-state index in [0.717, 1.165) is 38.6 Å². The van der Waals surface area contributed by atoms with Crippen LogP contribution >= 0.6 is 0 Å². The fraction of sp³-hybridized carbons (Fsp3) is 0.643. The molecule has 3 rings (SSSR count). The highest BCUT2D eigenvalue weighted by Gasteiger charge is 2.38. The maximum absolute atomic E-state index is 12.8. The van der Waals surface area contributed by atoms with E-state index in [1.165, 1.54) is 6.20 Å². The number of hydrogen-bond acceptors (Lipinski definition) is 4. The van der Waals surface area contributed by atoms with Crippen LogP contribution in [0.4, 0.5) is 0 Å². The number of sulfonamides is 1. The number of hydrogen-bond donors (Lipinski definition) is 1. The van der Waals surface area contributed by atoms with Crippen LogP contribution in [0.5, 0.6) is 0 Å². The second kappa shape index (κ2) is 5.79. The van der Waals surface area contributed by atoms with Crippen LogP contribution in [0.15, 0.2) is 29.4 Å². The lowest BCUT2D eigenvalue weighted by Crippen LogP contribution is -2.52. The summed E-state index contributed by atoms with van der Waals surface area (Å²) >= 11 is 0. The molecule has 3 heterocycles. The first kappa shape index (κ1) is 14.0. The molecule has 0 aromatic carbocycles. The van der Waals surface area contributed by atoms with Gasteiger partial charge in [0.2, 0.25) is 10.0 Å². The lowest BCUT2D eigenvalue weighted by atomic mass is 9.97. The Balaban J connectivity index is 1.89. The molecule has 1 aromatic heterocycles. The second-order valence-electron chi connectivity index (χ2n) is 5.57. The SMILES string of the molecule is O=S(=O)(c1cccnc1)N1CCCCC1C1CCCN1. The third-order valence-electron chi connectivity index (χ3n) is 4.30. The molecule has 0 saturated carbocycles. The first-order valence-corrected chi connectivity index (χ1v) is 8.79. The number of rotatable bonds is 3. The van der Waals surface area contributed by atoms with Gasteiger partial charge < -0.3 is 5.32 Å². The number of piperidine rings is 1. The monoisotopic (exact) mass is 295 g/mol. The third-order valence-corrected chi connectivity index (χ3v) is 6.21. The Kier molecular flexibility index (Phi) is 4.05. The predicted molar refractivity (Wildman–Crippen MR) is 76.8 cm³/mol. The molecule has 0 bridgehead atoms. The van der Waals surface area contributed by atoms with E-state index in [1.54, 1.807) is 22.6 Å². The first-order chi connectivity index (χ1) is 9.69. The van der Waals surface area contributed by atoms with Crippen molar-refractivity contribution in [1.82, 2.24) is 14.6 Å². The molecule has 0 radical (unpaired) electrons. The third kappa shape index (κ3) is 2.60. The summed E-state index contributed by atoms with van der Waals surface area (Å²) in [6.07, 6.45) is 8.28. The molecule has 20 heavy (non-hydrogen) atoms. The summed E-state index contributed by atoms with van der Waals surface area (Å²) in [7, 11) is -3.42. The van der Waals surface area contributed by atoms with Gasteiger partial charge in [0.25, 0.3) is 0 Å². The van der Waals surface area contributed by atoms with Gasteiger partial charge in [-0.25, -0.2) is 8.42 Å². The molecule has 2 fully saturated rings. The lowest BCUT2D eigenvalue weighted by molar-refractivity contribution is 0.211. The average Bonchev–Trinajstić information content (AvgIpc) is 3.02. The molecule has 0 spiro atoms. The zero-order chi connectivity index (χ0) is 14.0. The zero-order valence-electron chi connectivity index (χ0n) is 11.5. The van der Waals surface area contributed by atoms with Crippen LogP contribution in [0, 0.1) is 0 Å². The Hall–Kier alpha value is -0.980. The molecular weight excluding hydrogens is 274 g/mol.